The summed E-state index contributed by atoms with van der Waals surface area (Å²) in [5, 5.41) is 3.33. The van der Waals surface area contributed by atoms with Crippen LogP contribution in [0.25, 0.3) is 0 Å². The van der Waals surface area contributed by atoms with Gasteiger partial charge in [-0.1, -0.05) is 0 Å². The molecule has 0 unspecified atom stereocenters. The maximum atomic E-state index is 12.2. The van der Waals surface area contributed by atoms with Gasteiger partial charge in [0.05, 0.1) is 5.69 Å². The number of hydrogen-bond acceptors (Lipinski definition) is 6. The summed E-state index contributed by atoms with van der Waals surface area (Å²) < 4.78 is 32.7. The monoisotopic (exact) mass is 356 g/mol. The lowest BCUT2D eigenvalue weighted by Crippen LogP contribution is -2.49. The molecule has 1 aromatic rings. The fourth-order valence-corrected chi connectivity index (χ4v) is 3.47. The van der Waals surface area contributed by atoms with Crippen molar-refractivity contribution in [3.05, 3.63) is 24.5 Å². The van der Waals surface area contributed by atoms with E-state index < -0.39 is 21.9 Å². The lowest BCUT2D eigenvalue weighted by Gasteiger charge is -2.32. The van der Waals surface area contributed by atoms with Crippen LogP contribution in [0.2, 0.25) is 0 Å². The molecule has 2 N–H and O–H groups in total. The highest BCUT2D eigenvalue weighted by Crippen LogP contribution is 2.18. The van der Waals surface area contributed by atoms with Crippen molar-refractivity contribution in [3.8, 4) is 0 Å². The summed E-state index contributed by atoms with van der Waals surface area (Å²) in [4.78, 5) is 15.7. The molecular formula is C15H24N4O4S. The lowest BCUT2D eigenvalue weighted by atomic mass is 10.1. The SMILES string of the molecule is CC(C)(C)OC(=O)NS(=O)(=O)N1CCC(Nc2cccnc2)CC1. The van der Waals surface area contributed by atoms with Crippen LogP contribution in [0.4, 0.5) is 10.5 Å². The number of piperidine rings is 1. The third kappa shape index (κ3) is 5.64. The number of nitrogens with one attached hydrogen (secondary N) is 2. The van der Waals surface area contributed by atoms with Crippen LogP contribution in [-0.4, -0.2) is 48.5 Å². The van der Waals surface area contributed by atoms with E-state index in [1.165, 1.54) is 4.31 Å². The second-order valence-electron chi connectivity index (χ2n) is 6.67. The summed E-state index contributed by atoms with van der Waals surface area (Å²) in [6, 6.07) is 3.93. The van der Waals surface area contributed by atoms with Gasteiger partial charge in [-0.05, 0) is 45.7 Å². The molecule has 1 fully saturated rings. The second kappa shape index (κ2) is 7.35. The first-order valence-electron chi connectivity index (χ1n) is 7.83. The van der Waals surface area contributed by atoms with E-state index in [-0.39, 0.29) is 6.04 Å². The number of aromatic nitrogens is 1. The van der Waals surface area contributed by atoms with Gasteiger partial charge in [-0.25, -0.2) is 9.52 Å². The quantitative estimate of drug-likeness (QED) is 0.852. The molecule has 24 heavy (non-hydrogen) atoms. The molecule has 9 heteroatoms. The summed E-state index contributed by atoms with van der Waals surface area (Å²) in [6.07, 6.45) is 3.75. The van der Waals surface area contributed by atoms with Crippen molar-refractivity contribution >= 4 is 22.0 Å². The first-order valence-corrected chi connectivity index (χ1v) is 9.27. The maximum Gasteiger partial charge on any atom is 0.422 e. The summed E-state index contributed by atoms with van der Waals surface area (Å²) in [5.74, 6) is 0. The topological polar surface area (TPSA) is 101 Å². The molecule has 1 aliphatic heterocycles. The van der Waals surface area contributed by atoms with Crippen LogP contribution in [0.5, 0.6) is 0 Å². The van der Waals surface area contributed by atoms with Gasteiger partial charge in [-0.2, -0.15) is 12.7 Å². The number of carbonyl (C=O) groups excluding carboxylic acids is 1. The zero-order valence-electron chi connectivity index (χ0n) is 14.2. The Kier molecular flexibility index (Phi) is 5.66. The number of ether oxygens (including phenoxy) is 1. The summed E-state index contributed by atoms with van der Waals surface area (Å²) in [6.45, 7) is 5.69. The lowest BCUT2D eigenvalue weighted by molar-refractivity contribution is 0.0566. The summed E-state index contributed by atoms with van der Waals surface area (Å²) in [5.41, 5.74) is 0.158. The first-order chi connectivity index (χ1) is 11.2. The number of pyridine rings is 1. The van der Waals surface area contributed by atoms with E-state index in [1.54, 1.807) is 33.2 Å². The fourth-order valence-electron chi connectivity index (χ4n) is 2.39. The average molecular weight is 356 g/mol. The Balaban J connectivity index is 1.85. The summed E-state index contributed by atoms with van der Waals surface area (Å²) in [7, 11) is -3.88. The summed E-state index contributed by atoms with van der Waals surface area (Å²) >= 11 is 0. The van der Waals surface area contributed by atoms with Crippen molar-refractivity contribution in [3.63, 3.8) is 0 Å². The van der Waals surface area contributed by atoms with Gasteiger partial charge in [0.2, 0.25) is 0 Å². The molecule has 0 aromatic carbocycles. The number of rotatable bonds is 4. The Morgan fingerprint density at radius 1 is 1.33 bits per heavy atom. The zero-order valence-corrected chi connectivity index (χ0v) is 15.0. The van der Waals surface area contributed by atoms with Gasteiger partial charge < -0.3 is 10.1 Å². The Labute approximate surface area is 142 Å². The molecule has 0 radical (unpaired) electrons. The van der Waals surface area contributed by atoms with Crippen LogP contribution in [0.1, 0.15) is 33.6 Å². The largest absolute Gasteiger partial charge is 0.443 e. The first kappa shape index (κ1) is 18.5. The highest BCUT2D eigenvalue weighted by atomic mass is 32.2. The number of carbonyl (C=O) groups is 1. The van der Waals surface area contributed by atoms with E-state index in [4.69, 9.17) is 4.74 Å². The van der Waals surface area contributed by atoms with E-state index >= 15 is 0 Å². The van der Waals surface area contributed by atoms with Crippen LogP contribution in [-0.2, 0) is 14.9 Å². The molecule has 0 bridgehead atoms. The van der Waals surface area contributed by atoms with E-state index in [2.05, 4.69) is 10.3 Å². The Morgan fingerprint density at radius 2 is 2.00 bits per heavy atom. The van der Waals surface area contributed by atoms with Gasteiger partial charge in [0.1, 0.15) is 5.60 Å². The number of amides is 1. The van der Waals surface area contributed by atoms with Crippen molar-refractivity contribution in [2.45, 2.75) is 45.3 Å². The van der Waals surface area contributed by atoms with Crippen LogP contribution in [0.15, 0.2) is 24.5 Å². The van der Waals surface area contributed by atoms with Crippen LogP contribution >= 0.6 is 0 Å². The Bertz CT molecular complexity index is 650. The molecule has 0 atom stereocenters. The molecule has 1 amide bonds. The normalized spacial score (nSPS) is 17.3. The third-order valence-electron chi connectivity index (χ3n) is 3.44. The fraction of sp³-hybridized carbons (Fsp3) is 0.600. The molecule has 2 heterocycles. The zero-order chi connectivity index (χ0) is 17.8. The average Bonchev–Trinajstić information content (AvgIpc) is 2.46. The highest BCUT2D eigenvalue weighted by molar-refractivity contribution is 7.87. The van der Waals surface area contributed by atoms with Crippen molar-refractivity contribution < 1.29 is 17.9 Å². The molecule has 1 aromatic heterocycles. The number of nitrogens with zero attached hydrogens (tertiary/aromatic N) is 2. The van der Waals surface area contributed by atoms with E-state index in [0.717, 1.165) is 5.69 Å². The minimum absolute atomic E-state index is 0.169. The van der Waals surface area contributed by atoms with Gasteiger partial charge in [-0.3, -0.25) is 4.98 Å². The molecule has 1 saturated heterocycles. The Hall–Kier alpha value is -1.87. The molecule has 134 valence electrons. The third-order valence-corrected chi connectivity index (χ3v) is 4.91. The highest BCUT2D eigenvalue weighted by Gasteiger charge is 2.30. The Morgan fingerprint density at radius 3 is 2.54 bits per heavy atom. The predicted octanol–water partition coefficient (Wildman–Crippen LogP) is 1.73. The van der Waals surface area contributed by atoms with Crippen molar-refractivity contribution in [2.24, 2.45) is 0 Å². The van der Waals surface area contributed by atoms with E-state index in [0.29, 0.717) is 25.9 Å². The van der Waals surface area contributed by atoms with Gasteiger partial charge >= 0.3 is 16.3 Å². The maximum absolute atomic E-state index is 12.2. The van der Waals surface area contributed by atoms with Crippen molar-refractivity contribution in [1.29, 1.82) is 0 Å². The molecule has 1 aliphatic rings. The van der Waals surface area contributed by atoms with Gasteiger partial charge in [0, 0.05) is 31.5 Å². The molecule has 2 rings (SSSR count). The predicted molar refractivity (Wildman–Crippen MR) is 90.7 cm³/mol. The smallest absolute Gasteiger partial charge is 0.422 e. The minimum Gasteiger partial charge on any atom is -0.443 e. The van der Waals surface area contributed by atoms with Crippen LogP contribution in [0, 0.1) is 0 Å². The standard InChI is InChI=1S/C15H24N4O4S/c1-15(2,3)23-14(20)18-24(21,22)19-9-6-12(7-10-19)17-13-5-4-8-16-11-13/h4-5,8,11-12,17H,6-7,9-10H2,1-3H3,(H,18,20). The number of hydrogen-bond donors (Lipinski definition) is 2. The van der Waals surface area contributed by atoms with Crippen LogP contribution < -0.4 is 10.0 Å². The second-order valence-corrected chi connectivity index (χ2v) is 8.34. The van der Waals surface area contributed by atoms with Crippen molar-refractivity contribution in [1.82, 2.24) is 14.0 Å². The van der Waals surface area contributed by atoms with Gasteiger partial charge in [0.25, 0.3) is 0 Å². The van der Waals surface area contributed by atoms with Crippen molar-refractivity contribution in [2.75, 3.05) is 18.4 Å². The van der Waals surface area contributed by atoms with Gasteiger partial charge in [0.15, 0.2) is 0 Å². The molecule has 8 nitrogen and oxygen atoms in total. The van der Waals surface area contributed by atoms with Crippen LogP contribution in [0.3, 0.4) is 0 Å². The number of anilines is 1. The minimum atomic E-state index is -3.88. The molecule has 0 spiro atoms. The molecule has 0 saturated carbocycles. The van der Waals surface area contributed by atoms with Gasteiger partial charge in [-0.15, -0.1) is 0 Å². The van der Waals surface area contributed by atoms with E-state index in [1.807, 2.05) is 16.9 Å². The molecular weight excluding hydrogens is 332 g/mol. The molecule has 0 aliphatic carbocycles. The van der Waals surface area contributed by atoms with E-state index in [9.17, 15) is 13.2 Å².